The molecule has 31 heavy (non-hydrogen) atoms. The van der Waals surface area contributed by atoms with Crippen molar-refractivity contribution in [1.82, 2.24) is 30.3 Å². The van der Waals surface area contributed by atoms with Gasteiger partial charge in [0.25, 0.3) is 0 Å². The molecule has 16 heteroatoms. The number of likely N-dealkylation sites (N-methyl/N-ethyl adjacent to an activating group) is 1. The molecule has 1 aromatic rings. The van der Waals surface area contributed by atoms with Crippen molar-refractivity contribution >= 4 is 28.0 Å². The van der Waals surface area contributed by atoms with Gasteiger partial charge in [0.2, 0.25) is 22.2 Å². The summed E-state index contributed by atoms with van der Waals surface area (Å²) >= 11 is 0. The number of carbonyl (C=O) groups excluding carboxylic acids is 3. The molecule has 0 unspecified atom stereocenters. The molecule has 168 valence electrons. The molecule has 2 rings (SSSR count). The fourth-order valence-corrected chi connectivity index (χ4v) is 3.48. The third-order valence-electron chi connectivity index (χ3n) is 4.51. The molecule has 2 N–H and O–H groups in total. The molecule has 0 aromatic carbocycles. The van der Waals surface area contributed by atoms with E-state index in [4.69, 9.17) is 5.11 Å². The van der Waals surface area contributed by atoms with Gasteiger partial charge in [-0.15, -0.1) is 0 Å². The third kappa shape index (κ3) is 8.53. The van der Waals surface area contributed by atoms with Gasteiger partial charge in [-0.25, -0.2) is 8.42 Å². The van der Waals surface area contributed by atoms with Crippen LogP contribution in [0.15, 0.2) is 6.20 Å². The van der Waals surface area contributed by atoms with Crippen molar-refractivity contribution in [3.05, 3.63) is 11.9 Å². The molecule has 14 nitrogen and oxygen atoms in total. The van der Waals surface area contributed by atoms with Gasteiger partial charge in [-0.3, -0.25) is 14.4 Å². The van der Waals surface area contributed by atoms with Gasteiger partial charge < -0.3 is 19.9 Å². The maximum Gasteiger partial charge on any atom is 1.00 e. The average Bonchev–Trinajstić information content (AvgIpc) is 3.11. The predicted octanol–water partition coefficient (Wildman–Crippen LogP) is -5.84. The van der Waals surface area contributed by atoms with Gasteiger partial charge in [0.15, 0.2) is 5.78 Å². The number of aliphatic hydroxyl groups is 1. The summed E-state index contributed by atoms with van der Waals surface area (Å²) in [5.41, 5.74) is 0.305. The molecule has 2 atom stereocenters. The van der Waals surface area contributed by atoms with Gasteiger partial charge in [0, 0.05) is 20.5 Å². The number of hydrogen-bond acceptors (Lipinski definition) is 11. The van der Waals surface area contributed by atoms with Crippen LogP contribution in [0.1, 0.15) is 25.5 Å². The van der Waals surface area contributed by atoms with Crippen molar-refractivity contribution < 1.29 is 66.3 Å². The molecule has 1 aliphatic rings. The topological polar surface area (TPSA) is 187 Å². The predicted molar refractivity (Wildman–Crippen MR) is 96.7 cm³/mol. The third-order valence-corrected chi connectivity index (χ3v) is 4.93. The fraction of sp³-hybridized carbons (Fsp3) is 0.667. The van der Waals surface area contributed by atoms with E-state index >= 15 is 0 Å². The van der Waals surface area contributed by atoms with E-state index in [1.165, 1.54) is 25.1 Å². The number of hydroxylamine groups is 2. The van der Waals surface area contributed by atoms with Gasteiger partial charge in [-0.1, -0.05) is 0 Å². The number of aromatic nitrogens is 3. The minimum atomic E-state index is -4.95. The number of likely N-dealkylation sites (tertiary alicyclic amines) is 1. The smallest absolute Gasteiger partial charge is 0.724 e. The molecule has 0 aliphatic carbocycles. The van der Waals surface area contributed by atoms with Crippen LogP contribution in [0.25, 0.3) is 0 Å². The zero-order valence-corrected chi connectivity index (χ0v) is 20.2. The minimum absolute atomic E-state index is 0. The van der Waals surface area contributed by atoms with Crippen molar-refractivity contribution in [1.29, 1.82) is 0 Å². The minimum Gasteiger partial charge on any atom is -0.724 e. The van der Waals surface area contributed by atoms with Crippen molar-refractivity contribution in [2.24, 2.45) is 0 Å². The molecular formula is C15H23N6NaO8S. The number of carbonyl (C=O) groups is 3. The quantitative estimate of drug-likeness (QED) is 0.151. The zero-order chi connectivity index (χ0) is 22.5. The molecule has 1 fully saturated rings. The zero-order valence-electron chi connectivity index (χ0n) is 17.4. The average molecular weight is 470 g/mol. The first-order valence-corrected chi connectivity index (χ1v) is 10.3. The second-order valence-corrected chi connectivity index (χ2v) is 7.69. The second kappa shape index (κ2) is 12.0. The Bertz CT molecular complexity index is 894. The van der Waals surface area contributed by atoms with Crippen LogP contribution >= 0.6 is 0 Å². The van der Waals surface area contributed by atoms with Gasteiger partial charge in [0.1, 0.15) is 18.3 Å². The normalized spacial score (nSPS) is 19.1. The van der Waals surface area contributed by atoms with Gasteiger partial charge in [0.05, 0.1) is 25.4 Å². The van der Waals surface area contributed by atoms with Gasteiger partial charge in [-0.05, 0) is 12.8 Å². The molecule has 0 bridgehead atoms. The van der Waals surface area contributed by atoms with Crippen LogP contribution in [0.4, 0.5) is 0 Å². The molecule has 1 aromatic heterocycles. The van der Waals surface area contributed by atoms with Crippen LogP contribution in [-0.4, -0.2) is 92.9 Å². The number of nitrogens with zero attached hydrogens (tertiary/aromatic N) is 5. The number of amides is 2. The first-order chi connectivity index (χ1) is 14.0. The van der Waals surface area contributed by atoms with E-state index in [0.717, 1.165) is 9.86 Å². The summed E-state index contributed by atoms with van der Waals surface area (Å²) in [7, 11) is -3.70. The van der Waals surface area contributed by atoms with Crippen molar-refractivity contribution in [2.45, 2.75) is 45.0 Å². The van der Waals surface area contributed by atoms with Crippen LogP contribution in [0, 0.1) is 0 Å². The van der Waals surface area contributed by atoms with E-state index in [-0.39, 0.29) is 74.4 Å². The number of Topliss-reactive ketones (excluding diaryl/α,β-unsaturated/α-hetero) is 1. The summed E-state index contributed by atoms with van der Waals surface area (Å²) in [6.45, 7) is 0.401. The number of rotatable bonds is 9. The summed E-state index contributed by atoms with van der Waals surface area (Å²) in [6, 6.07) is -1.46. The van der Waals surface area contributed by atoms with Gasteiger partial charge in [-0.2, -0.15) is 24.3 Å². The van der Waals surface area contributed by atoms with E-state index in [1.54, 1.807) is 0 Å². The van der Waals surface area contributed by atoms with E-state index < -0.39 is 34.3 Å². The first kappa shape index (κ1) is 27.6. The number of nitrogens with one attached hydrogen (secondary N) is 1. The molecule has 0 radical (unpaired) electrons. The standard InChI is InChI=1S/C15H24N6O8S.Na/c1-10(23)20-7-12(19(2)29-30(26,27)28)3-4-14(20)15(25)16-6-13(24)8-21-17-5-11(9-22)18-21;/h5,12,14,22H,3-4,6-9H2,1-2H3,(H,16,25)(H,26,27,28);/q;+1/p-1/t12-,14+;/m1./s1. The van der Waals surface area contributed by atoms with Crippen LogP contribution in [0.5, 0.6) is 0 Å². The molecule has 0 spiro atoms. The Morgan fingerprint density at radius 3 is 2.61 bits per heavy atom. The molecule has 0 saturated carbocycles. The Balaban J connectivity index is 0.00000480. The number of piperidine rings is 1. The Morgan fingerprint density at radius 2 is 2.06 bits per heavy atom. The molecule has 2 amide bonds. The van der Waals surface area contributed by atoms with Gasteiger partial charge >= 0.3 is 29.6 Å². The van der Waals surface area contributed by atoms with E-state index in [1.807, 2.05) is 0 Å². The fourth-order valence-electron chi connectivity index (χ4n) is 3.07. The molecular weight excluding hydrogens is 447 g/mol. The van der Waals surface area contributed by atoms with Crippen LogP contribution in [0.3, 0.4) is 0 Å². The first-order valence-electron chi connectivity index (χ1n) is 8.95. The Labute approximate surface area is 201 Å². The van der Waals surface area contributed by atoms with Crippen LogP contribution in [0.2, 0.25) is 0 Å². The Kier molecular flexibility index (Phi) is 10.6. The second-order valence-electron chi connectivity index (χ2n) is 6.73. The van der Waals surface area contributed by atoms with Crippen molar-refractivity contribution in [3.8, 4) is 0 Å². The number of aliphatic hydroxyl groups excluding tert-OH is 1. The maximum atomic E-state index is 12.5. The number of hydrogen-bond donors (Lipinski definition) is 2. The summed E-state index contributed by atoms with van der Waals surface area (Å²) in [5.74, 6) is -1.36. The molecule has 2 heterocycles. The van der Waals surface area contributed by atoms with E-state index in [0.29, 0.717) is 5.69 Å². The van der Waals surface area contributed by atoms with Crippen LogP contribution in [-0.2, 0) is 42.2 Å². The molecule has 1 saturated heterocycles. The number of ketones is 1. The summed E-state index contributed by atoms with van der Waals surface area (Å²) in [6.07, 6.45) is 1.77. The van der Waals surface area contributed by atoms with Crippen molar-refractivity contribution in [3.63, 3.8) is 0 Å². The van der Waals surface area contributed by atoms with Crippen LogP contribution < -0.4 is 34.9 Å². The van der Waals surface area contributed by atoms with E-state index in [2.05, 4.69) is 19.8 Å². The maximum absolute atomic E-state index is 12.5. The van der Waals surface area contributed by atoms with Crippen molar-refractivity contribution in [2.75, 3.05) is 20.1 Å². The SMILES string of the molecule is CC(=O)N1C[C@H](N(C)OS(=O)(=O)[O-])CC[C@H]1C(=O)NCC(=O)Cn1ncc(CO)n1.[Na+]. The van der Waals surface area contributed by atoms with E-state index in [9.17, 15) is 27.4 Å². The monoisotopic (exact) mass is 470 g/mol. The largest absolute Gasteiger partial charge is 1.00 e. The summed E-state index contributed by atoms with van der Waals surface area (Å²) in [4.78, 5) is 38.8. The Morgan fingerprint density at radius 1 is 1.39 bits per heavy atom. The molecule has 1 aliphatic heterocycles. The summed E-state index contributed by atoms with van der Waals surface area (Å²) < 4.78 is 36.5. The Hall–Kier alpha value is -1.46. The summed E-state index contributed by atoms with van der Waals surface area (Å²) in [5, 5.41) is 19.9.